The lowest BCUT2D eigenvalue weighted by Gasteiger charge is -2.07. The summed E-state index contributed by atoms with van der Waals surface area (Å²) in [5.74, 6) is 0.891. The van der Waals surface area contributed by atoms with Gasteiger partial charge in [0.25, 0.3) is 0 Å². The lowest BCUT2D eigenvalue weighted by molar-refractivity contribution is -0.671. The molecule has 0 bridgehead atoms. The van der Waals surface area contributed by atoms with Crippen LogP contribution in [0.3, 0.4) is 0 Å². The van der Waals surface area contributed by atoms with Crippen LogP contribution in [0.25, 0.3) is 0 Å². The average molecular weight is 261 g/mol. The highest BCUT2D eigenvalue weighted by Crippen LogP contribution is 2.21. The second-order valence-electron chi connectivity index (χ2n) is 2.96. The maximum atomic E-state index is 8.65. The van der Waals surface area contributed by atoms with Crippen molar-refractivity contribution in [2.45, 2.75) is 6.54 Å². The number of nitrogens with two attached hydrogens (primary N) is 1. The molecule has 0 spiro atoms. The molecular weight excluding hydrogens is 246 g/mol. The first-order valence-electron chi connectivity index (χ1n) is 4.53. The molecule has 0 atom stereocenters. The van der Waals surface area contributed by atoms with Crippen molar-refractivity contribution in [1.82, 2.24) is 0 Å². The number of benzene rings is 1. The van der Waals surface area contributed by atoms with Crippen LogP contribution in [0, 0.1) is 0 Å². The molecule has 78 valence electrons. The van der Waals surface area contributed by atoms with Gasteiger partial charge < -0.3 is 15.2 Å². The van der Waals surface area contributed by atoms with Crippen LogP contribution in [0.2, 0.25) is 0 Å². The Hall–Kier alpha value is -0.580. The molecule has 1 rings (SSSR count). The fraction of sp³-hybridized carbons (Fsp3) is 0.400. The van der Waals surface area contributed by atoms with E-state index in [1.54, 1.807) is 7.11 Å². The highest BCUT2D eigenvalue weighted by atomic mass is 79.9. The van der Waals surface area contributed by atoms with Gasteiger partial charge in [-0.1, -0.05) is 15.9 Å². The van der Waals surface area contributed by atoms with Crippen molar-refractivity contribution in [2.24, 2.45) is 0 Å². The first kappa shape index (κ1) is 11.5. The molecule has 1 aromatic carbocycles. The van der Waals surface area contributed by atoms with E-state index in [-0.39, 0.29) is 6.61 Å². The van der Waals surface area contributed by atoms with Gasteiger partial charge in [-0.15, -0.1) is 0 Å². The number of rotatable bonds is 5. The number of hydrogen-bond acceptors (Lipinski definition) is 2. The summed E-state index contributed by atoms with van der Waals surface area (Å²) in [6.45, 7) is 1.75. The Kier molecular flexibility index (Phi) is 4.93. The van der Waals surface area contributed by atoms with Crippen molar-refractivity contribution in [3.05, 3.63) is 28.2 Å². The molecule has 1 aromatic rings. The zero-order valence-electron chi connectivity index (χ0n) is 8.16. The van der Waals surface area contributed by atoms with E-state index >= 15 is 0 Å². The van der Waals surface area contributed by atoms with E-state index in [2.05, 4.69) is 15.9 Å². The Morgan fingerprint density at radius 1 is 1.50 bits per heavy atom. The first-order valence-corrected chi connectivity index (χ1v) is 5.32. The molecule has 14 heavy (non-hydrogen) atoms. The highest BCUT2D eigenvalue weighted by molar-refractivity contribution is 9.10. The molecule has 0 unspecified atom stereocenters. The maximum Gasteiger partial charge on any atom is 0.127 e. The monoisotopic (exact) mass is 260 g/mol. The summed E-state index contributed by atoms with van der Waals surface area (Å²) in [5, 5.41) is 10.7. The number of methoxy groups -OCH3 is 1. The normalized spacial score (nSPS) is 10.2. The van der Waals surface area contributed by atoms with E-state index in [0.717, 1.165) is 28.9 Å². The van der Waals surface area contributed by atoms with Gasteiger partial charge in [-0.25, -0.2) is 0 Å². The highest BCUT2D eigenvalue weighted by Gasteiger charge is 2.04. The van der Waals surface area contributed by atoms with Crippen LogP contribution in [0.5, 0.6) is 5.75 Å². The molecule has 0 heterocycles. The molecule has 0 saturated heterocycles. The Balaban J connectivity index is 2.67. The zero-order valence-corrected chi connectivity index (χ0v) is 9.75. The summed E-state index contributed by atoms with van der Waals surface area (Å²) in [6, 6.07) is 5.92. The fourth-order valence-corrected chi connectivity index (χ4v) is 1.66. The topological polar surface area (TPSA) is 46.1 Å². The first-order chi connectivity index (χ1) is 6.77. The third kappa shape index (κ3) is 3.29. The van der Waals surface area contributed by atoms with Crippen LogP contribution in [-0.2, 0) is 6.54 Å². The summed E-state index contributed by atoms with van der Waals surface area (Å²) >= 11 is 3.42. The van der Waals surface area contributed by atoms with Crippen LogP contribution < -0.4 is 10.1 Å². The summed E-state index contributed by atoms with van der Waals surface area (Å²) in [6.07, 6.45) is 0. The minimum atomic E-state index is 0.205. The number of hydrogen-bond donors (Lipinski definition) is 2. The largest absolute Gasteiger partial charge is 0.496 e. The van der Waals surface area contributed by atoms with E-state index in [1.807, 2.05) is 23.5 Å². The van der Waals surface area contributed by atoms with Crippen molar-refractivity contribution in [3.8, 4) is 5.75 Å². The molecule has 0 radical (unpaired) electrons. The number of ether oxygens (including phenoxy) is 1. The van der Waals surface area contributed by atoms with Crippen LogP contribution >= 0.6 is 15.9 Å². The van der Waals surface area contributed by atoms with Gasteiger partial charge in [-0.05, 0) is 18.2 Å². The van der Waals surface area contributed by atoms with Gasteiger partial charge in [0.05, 0.1) is 20.3 Å². The molecule has 0 aliphatic rings. The van der Waals surface area contributed by atoms with E-state index in [0.29, 0.717) is 0 Å². The van der Waals surface area contributed by atoms with Gasteiger partial charge in [0, 0.05) is 10.0 Å². The predicted octanol–water partition coefficient (Wildman–Crippen LogP) is 0.513. The van der Waals surface area contributed by atoms with Crippen molar-refractivity contribution in [2.75, 3.05) is 20.3 Å². The number of halogens is 1. The van der Waals surface area contributed by atoms with Gasteiger partial charge in [0.15, 0.2) is 0 Å². The van der Waals surface area contributed by atoms with Crippen LogP contribution in [0.1, 0.15) is 5.56 Å². The zero-order chi connectivity index (χ0) is 10.4. The van der Waals surface area contributed by atoms with E-state index in [1.165, 1.54) is 0 Å². The van der Waals surface area contributed by atoms with Crippen LogP contribution in [0.15, 0.2) is 22.7 Å². The number of quaternary nitrogens is 1. The molecule has 0 aromatic heterocycles. The lowest BCUT2D eigenvalue weighted by atomic mass is 10.2. The van der Waals surface area contributed by atoms with Crippen molar-refractivity contribution in [3.63, 3.8) is 0 Å². The molecule has 0 saturated carbocycles. The minimum absolute atomic E-state index is 0.205. The smallest absolute Gasteiger partial charge is 0.127 e. The third-order valence-electron chi connectivity index (χ3n) is 1.94. The lowest BCUT2D eigenvalue weighted by Crippen LogP contribution is -2.83. The summed E-state index contributed by atoms with van der Waals surface area (Å²) in [4.78, 5) is 0. The van der Waals surface area contributed by atoms with E-state index in [4.69, 9.17) is 9.84 Å². The third-order valence-corrected chi connectivity index (χ3v) is 2.43. The molecule has 3 N–H and O–H groups in total. The van der Waals surface area contributed by atoms with Gasteiger partial charge in [0.2, 0.25) is 0 Å². The van der Waals surface area contributed by atoms with Gasteiger partial charge in [-0.2, -0.15) is 0 Å². The SMILES string of the molecule is COc1ccc(Br)cc1C[NH2+]CCO. The van der Waals surface area contributed by atoms with Crippen molar-refractivity contribution in [1.29, 1.82) is 0 Å². The average Bonchev–Trinajstić information content (AvgIpc) is 2.19. The standard InChI is InChI=1S/C10H14BrNO2/c1-14-10-3-2-9(11)6-8(10)7-12-4-5-13/h2-3,6,12-13H,4-5,7H2,1H3/p+1. The molecule has 0 fully saturated rings. The molecule has 4 heteroatoms. The quantitative estimate of drug-likeness (QED) is 0.759. The number of aliphatic hydroxyl groups is 1. The number of aliphatic hydroxyl groups excluding tert-OH is 1. The summed E-state index contributed by atoms with van der Waals surface area (Å²) < 4.78 is 6.27. The van der Waals surface area contributed by atoms with Crippen molar-refractivity contribution < 1.29 is 15.2 Å². The summed E-state index contributed by atoms with van der Waals surface area (Å²) in [7, 11) is 1.67. The van der Waals surface area contributed by atoms with Gasteiger partial charge in [0.1, 0.15) is 12.3 Å². The molecule has 0 aliphatic carbocycles. The molecule has 0 amide bonds. The van der Waals surface area contributed by atoms with Gasteiger partial charge in [-0.3, -0.25) is 0 Å². The van der Waals surface area contributed by atoms with E-state index < -0.39 is 0 Å². The second-order valence-corrected chi connectivity index (χ2v) is 3.88. The van der Waals surface area contributed by atoms with Crippen molar-refractivity contribution >= 4 is 15.9 Å². The molecular formula is C10H15BrNO2+. The van der Waals surface area contributed by atoms with Gasteiger partial charge >= 0.3 is 0 Å². The Morgan fingerprint density at radius 3 is 2.93 bits per heavy atom. The minimum Gasteiger partial charge on any atom is -0.496 e. The Bertz CT molecular complexity index is 291. The predicted molar refractivity (Wildman–Crippen MR) is 58.3 cm³/mol. The Morgan fingerprint density at radius 2 is 2.29 bits per heavy atom. The fourth-order valence-electron chi connectivity index (χ4n) is 1.26. The Labute approximate surface area is 92.2 Å². The van der Waals surface area contributed by atoms with Crippen LogP contribution in [-0.4, -0.2) is 25.4 Å². The summed E-state index contributed by atoms with van der Waals surface area (Å²) in [5.41, 5.74) is 1.13. The second kappa shape index (κ2) is 6.01. The molecule has 3 nitrogen and oxygen atoms in total. The van der Waals surface area contributed by atoms with Crippen LogP contribution in [0.4, 0.5) is 0 Å². The molecule has 0 aliphatic heterocycles. The van der Waals surface area contributed by atoms with E-state index in [9.17, 15) is 0 Å². The maximum absolute atomic E-state index is 8.65.